The van der Waals surface area contributed by atoms with E-state index in [1.165, 1.54) is 21.8 Å². The second-order valence-electron chi connectivity index (χ2n) is 5.88. The maximum atomic E-state index is 6.46. The van der Waals surface area contributed by atoms with Gasteiger partial charge in [-0.25, -0.2) is 0 Å². The zero-order chi connectivity index (χ0) is 14.7. The fraction of sp³-hybridized carbons (Fsp3) is 0.368. The van der Waals surface area contributed by atoms with Crippen molar-refractivity contribution in [1.82, 2.24) is 0 Å². The molecule has 110 valence electrons. The van der Waals surface area contributed by atoms with Crippen LogP contribution in [0, 0.1) is 0 Å². The molecule has 2 unspecified atom stereocenters. The number of rotatable bonds is 5. The second-order valence-corrected chi connectivity index (χ2v) is 7.21. The number of halogens is 1. The Morgan fingerprint density at radius 2 is 1.81 bits per heavy atom. The zero-order valence-electron chi connectivity index (χ0n) is 12.4. The lowest BCUT2D eigenvalue weighted by molar-refractivity contribution is 0.396. The lowest BCUT2D eigenvalue weighted by Crippen LogP contribution is -2.30. The van der Waals surface area contributed by atoms with E-state index < -0.39 is 0 Å². The van der Waals surface area contributed by atoms with Gasteiger partial charge in [0.25, 0.3) is 0 Å². The molecule has 1 aliphatic heterocycles. The maximum Gasteiger partial charge on any atom is 0.0320 e. The summed E-state index contributed by atoms with van der Waals surface area (Å²) < 4.78 is 0. The summed E-state index contributed by atoms with van der Waals surface area (Å²) in [5.74, 6) is 2.49. The predicted octanol–water partition coefficient (Wildman–Crippen LogP) is 5.85. The molecule has 0 aromatic heterocycles. The molecular weight excluding hydrogens is 296 g/mol. The van der Waals surface area contributed by atoms with Crippen molar-refractivity contribution in [3.63, 3.8) is 0 Å². The van der Waals surface area contributed by atoms with Crippen LogP contribution in [0.2, 0.25) is 0 Å². The third-order valence-corrected chi connectivity index (χ3v) is 6.52. The highest BCUT2D eigenvalue weighted by molar-refractivity contribution is 7.99. The highest BCUT2D eigenvalue weighted by Gasteiger charge is 2.35. The second kappa shape index (κ2) is 6.46. The highest BCUT2D eigenvalue weighted by atomic mass is 35.5. The number of thioether (sulfide) groups is 1. The minimum atomic E-state index is 0.0888. The molecule has 0 amide bonds. The molecule has 0 radical (unpaired) electrons. The summed E-state index contributed by atoms with van der Waals surface area (Å²) in [4.78, 5) is 1.45. The topological polar surface area (TPSA) is 0 Å². The standard InChI is InChI=1S/C19H21ClS/c1-2-19(14-20,16-8-4-3-5-9-16)12-15-13-21-18-11-7-6-10-17(15)18/h3-11,15H,2,12-14H2,1H3. The molecule has 0 aliphatic carbocycles. The van der Waals surface area contributed by atoms with Crippen LogP contribution in [-0.4, -0.2) is 11.6 Å². The molecular formula is C19H21ClS. The van der Waals surface area contributed by atoms with Crippen LogP contribution in [0.5, 0.6) is 0 Å². The molecule has 2 aromatic carbocycles. The molecule has 0 fully saturated rings. The lowest BCUT2D eigenvalue weighted by atomic mass is 9.72. The summed E-state index contributed by atoms with van der Waals surface area (Å²) in [5, 5.41) is 0. The summed E-state index contributed by atoms with van der Waals surface area (Å²) in [6, 6.07) is 19.6. The van der Waals surface area contributed by atoms with E-state index in [4.69, 9.17) is 11.6 Å². The molecule has 0 saturated carbocycles. The van der Waals surface area contributed by atoms with Crippen LogP contribution in [0.25, 0.3) is 0 Å². The smallest absolute Gasteiger partial charge is 0.0320 e. The van der Waals surface area contributed by atoms with Gasteiger partial charge in [-0.2, -0.15) is 0 Å². The van der Waals surface area contributed by atoms with Gasteiger partial charge in [-0.05, 0) is 36.0 Å². The molecule has 2 heteroatoms. The molecule has 3 rings (SSSR count). The Hall–Kier alpha value is -0.920. The third-order valence-electron chi connectivity index (χ3n) is 4.75. The third kappa shape index (κ3) is 2.86. The van der Waals surface area contributed by atoms with Crippen molar-refractivity contribution in [2.75, 3.05) is 11.6 Å². The summed E-state index contributed by atoms with van der Waals surface area (Å²) in [6.07, 6.45) is 2.23. The number of fused-ring (bicyclic) bond motifs is 1. The van der Waals surface area contributed by atoms with Crippen LogP contribution in [-0.2, 0) is 5.41 Å². The number of alkyl halides is 1. The molecule has 2 aromatic rings. The van der Waals surface area contributed by atoms with E-state index >= 15 is 0 Å². The molecule has 21 heavy (non-hydrogen) atoms. The molecule has 1 heterocycles. The van der Waals surface area contributed by atoms with E-state index in [0.29, 0.717) is 11.8 Å². The summed E-state index contributed by atoms with van der Waals surface area (Å²) in [5.41, 5.74) is 2.99. The van der Waals surface area contributed by atoms with Crippen molar-refractivity contribution in [2.24, 2.45) is 0 Å². The number of benzene rings is 2. The Bertz CT molecular complexity index is 590. The van der Waals surface area contributed by atoms with Crippen molar-refractivity contribution in [3.05, 3.63) is 65.7 Å². The first-order chi connectivity index (χ1) is 10.3. The van der Waals surface area contributed by atoms with E-state index in [-0.39, 0.29) is 5.41 Å². The van der Waals surface area contributed by atoms with Gasteiger partial charge in [0.15, 0.2) is 0 Å². The molecule has 2 atom stereocenters. The van der Waals surface area contributed by atoms with E-state index in [1.54, 1.807) is 0 Å². The van der Waals surface area contributed by atoms with Crippen LogP contribution >= 0.6 is 23.4 Å². The fourth-order valence-corrected chi connectivity index (χ4v) is 5.06. The first-order valence-electron chi connectivity index (χ1n) is 7.62. The molecule has 1 aliphatic rings. The summed E-state index contributed by atoms with van der Waals surface area (Å²) in [7, 11) is 0. The SMILES string of the molecule is CCC(CCl)(CC1CSc2ccccc21)c1ccccc1. The largest absolute Gasteiger partial charge is 0.126 e. The van der Waals surface area contributed by atoms with Gasteiger partial charge in [0.1, 0.15) is 0 Å². The van der Waals surface area contributed by atoms with Gasteiger partial charge in [0, 0.05) is 21.9 Å². The van der Waals surface area contributed by atoms with E-state index in [1.807, 2.05) is 11.8 Å². The minimum absolute atomic E-state index is 0.0888. The monoisotopic (exact) mass is 316 g/mol. The number of hydrogen-bond donors (Lipinski definition) is 0. The van der Waals surface area contributed by atoms with Crippen molar-refractivity contribution in [1.29, 1.82) is 0 Å². The average molecular weight is 317 g/mol. The van der Waals surface area contributed by atoms with Gasteiger partial charge < -0.3 is 0 Å². The van der Waals surface area contributed by atoms with E-state index in [0.717, 1.165) is 12.8 Å². The van der Waals surface area contributed by atoms with Crippen LogP contribution in [0.1, 0.15) is 36.8 Å². The van der Waals surface area contributed by atoms with Gasteiger partial charge in [-0.1, -0.05) is 55.5 Å². The van der Waals surface area contributed by atoms with E-state index in [2.05, 4.69) is 61.5 Å². The fourth-order valence-electron chi connectivity index (χ4n) is 3.35. The Morgan fingerprint density at radius 1 is 1.10 bits per heavy atom. The maximum absolute atomic E-state index is 6.46. The number of hydrogen-bond acceptors (Lipinski definition) is 1. The van der Waals surface area contributed by atoms with Crippen molar-refractivity contribution >= 4 is 23.4 Å². The van der Waals surface area contributed by atoms with Gasteiger partial charge in [0.05, 0.1) is 0 Å². The normalized spacial score (nSPS) is 20.0. The molecule has 0 saturated heterocycles. The highest BCUT2D eigenvalue weighted by Crippen LogP contribution is 2.47. The first-order valence-corrected chi connectivity index (χ1v) is 9.14. The average Bonchev–Trinajstić information content (AvgIpc) is 2.96. The Morgan fingerprint density at radius 3 is 2.52 bits per heavy atom. The Labute approximate surface area is 136 Å². The van der Waals surface area contributed by atoms with Crippen molar-refractivity contribution in [2.45, 2.75) is 36.0 Å². The molecule has 0 nitrogen and oxygen atoms in total. The minimum Gasteiger partial charge on any atom is -0.126 e. The lowest BCUT2D eigenvalue weighted by Gasteiger charge is -2.34. The molecule has 0 spiro atoms. The van der Waals surface area contributed by atoms with Crippen LogP contribution < -0.4 is 0 Å². The summed E-state index contributed by atoms with van der Waals surface area (Å²) >= 11 is 8.45. The van der Waals surface area contributed by atoms with E-state index in [9.17, 15) is 0 Å². The Balaban J connectivity index is 1.91. The van der Waals surface area contributed by atoms with Crippen molar-refractivity contribution in [3.8, 4) is 0 Å². The quantitative estimate of drug-likeness (QED) is 0.623. The van der Waals surface area contributed by atoms with Crippen LogP contribution in [0.15, 0.2) is 59.5 Å². The predicted molar refractivity (Wildman–Crippen MR) is 93.7 cm³/mol. The Kier molecular flexibility index (Phi) is 4.61. The van der Waals surface area contributed by atoms with Gasteiger partial charge in [-0.3, -0.25) is 0 Å². The molecule has 0 N–H and O–H groups in total. The van der Waals surface area contributed by atoms with Gasteiger partial charge in [0.2, 0.25) is 0 Å². The summed E-state index contributed by atoms with van der Waals surface area (Å²) in [6.45, 7) is 2.27. The van der Waals surface area contributed by atoms with Crippen LogP contribution in [0.4, 0.5) is 0 Å². The van der Waals surface area contributed by atoms with Gasteiger partial charge >= 0.3 is 0 Å². The van der Waals surface area contributed by atoms with Crippen LogP contribution in [0.3, 0.4) is 0 Å². The van der Waals surface area contributed by atoms with Gasteiger partial charge in [-0.15, -0.1) is 23.4 Å². The molecule has 0 bridgehead atoms. The first kappa shape index (κ1) is 15.0. The van der Waals surface area contributed by atoms with Crippen molar-refractivity contribution < 1.29 is 0 Å². The zero-order valence-corrected chi connectivity index (χ0v) is 14.0.